The monoisotopic (exact) mass is 567 g/mol. The van der Waals surface area contributed by atoms with Gasteiger partial charge in [0.25, 0.3) is 5.91 Å². The Morgan fingerprint density at radius 2 is 1.64 bits per heavy atom. The van der Waals surface area contributed by atoms with Gasteiger partial charge in [0.2, 0.25) is 21.8 Å². The molecular weight excluding hydrogens is 542 g/mol. The van der Waals surface area contributed by atoms with E-state index in [1.165, 1.54) is 15.3 Å². The first-order valence-electron chi connectivity index (χ1n) is 12.4. The van der Waals surface area contributed by atoms with E-state index in [1.54, 1.807) is 0 Å². The number of nitrogens with zero attached hydrogens (tertiary/aromatic N) is 2. The molecule has 0 aromatic heterocycles. The van der Waals surface area contributed by atoms with Crippen LogP contribution in [0.25, 0.3) is 0 Å². The Bertz CT molecular complexity index is 1430. The van der Waals surface area contributed by atoms with E-state index in [0.29, 0.717) is 24.0 Å². The van der Waals surface area contributed by atoms with Crippen LogP contribution < -0.4 is 5.32 Å². The molecule has 3 heterocycles. The molecule has 2 aromatic carbocycles. The van der Waals surface area contributed by atoms with Crippen LogP contribution in [-0.4, -0.2) is 54.5 Å². The van der Waals surface area contributed by atoms with E-state index in [-0.39, 0.29) is 49.5 Å². The Balaban J connectivity index is 1.28. The zero-order chi connectivity index (χ0) is 28.1. The molecular formula is C26H25F4N3O5S. The maximum absolute atomic E-state index is 14.6. The number of carbonyl (C=O) groups is 3. The van der Waals surface area contributed by atoms with Crippen LogP contribution in [0.15, 0.2) is 36.4 Å². The molecule has 0 spiro atoms. The van der Waals surface area contributed by atoms with E-state index < -0.39 is 57.1 Å². The summed E-state index contributed by atoms with van der Waals surface area (Å²) in [5, 5.41) is 2.23. The van der Waals surface area contributed by atoms with Crippen molar-refractivity contribution in [2.24, 2.45) is 0 Å². The molecule has 1 atom stereocenters. The number of carbonyl (C=O) groups excluding carboxylic acids is 3. The van der Waals surface area contributed by atoms with E-state index in [1.807, 2.05) is 0 Å². The third-order valence-corrected chi connectivity index (χ3v) is 9.42. The Hall–Kier alpha value is -3.32. The average Bonchev–Trinajstić information content (AvgIpc) is 3.19. The fraction of sp³-hybridized carbons (Fsp3) is 0.423. The van der Waals surface area contributed by atoms with E-state index in [4.69, 9.17) is 0 Å². The number of nitrogens with one attached hydrogen (secondary N) is 1. The van der Waals surface area contributed by atoms with Crippen LogP contribution in [-0.2, 0) is 38.1 Å². The molecule has 13 heteroatoms. The van der Waals surface area contributed by atoms with Gasteiger partial charge in [-0.15, -0.1) is 0 Å². The molecule has 3 amide bonds. The number of rotatable bonds is 5. The standard InChI is InChI=1S/C26H25F4N3O5S/c27-18-11-19(21-13-33(25(36)20(21)12-18)22-5-6-23(34)31-24(22)35)16-7-9-32(10-8-16)39(37,38)14-15-1-3-17(4-2-15)26(28,29)30/h1-4,11-12,16,22H,5-10,13-14H2,(H,31,34,35). The molecule has 5 rings (SSSR count). The van der Waals surface area contributed by atoms with Gasteiger partial charge < -0.3 is 4.90 Å². The molecule has 3 aliphatic heterocycles. The summed E-state index contributed by atoms with van der Waals surface area (Å²) in [6.07, 6.45) is -3.53. The van der Waals surface area contributed by atoms with Crippen molar-refractivity contribution < 1.29 is 40.4 Å². The first-order chi connectivity index (χ1) is 18.3. The summed E-state index contributed by atoms with van der Waals surface area (Å²) < 4.78 is 80.2. The number of imide groups is 1. The Morgan fingerprint density at radius 3 is 2.26 bits per heavy atom. The van der Waals surface area contributed by atoms with Gasteiger partial charge in [0, 0.05) is 31.6 Å². The first-order valence-corrected chi connectivity index (χ1v) is 14.1. The minimum Gasteiger partial charge on any atom is -0.322 e. The van der Waals surface area contributed by atoms with Crippen molar-refractivity contribution in [3.8, 4) is 0 Å². The van der Waals surface area contributed by atoms with Crippen LogP contribution in [0.1, 0.15) is 64.2 Å². The van der Waals surface area contributed by atoms with Gasteiger partial charge >= 0.3 is 6.18 Å². The predicted molar refractivity (Wildman–Crippen MR) is 130 cm³/mol. The molecule has 0 aliphatic carbocycles. The molecule has 0 bridgehead atoms. The lowest BCUT2D eigenvalue weighted by Crippen LogP contribution is -2.52. The number of alkyl halides is 3. The lowest BCUT2D eigenvalue weighted by molar-refractivity contribution is -0.138. The molecule has 1 unspecified atom stereocenters. The van der Waals surface area contributed by atoms with Crippen LogP contribution in [0.3, 0.4) is 0 Å². The number of fused-ring (bicyclic) bond motifs is 1. The Morgan fingerprint density at radius 1 is 0.974 bits per heavy atom. The summed E-state index contributed by atoms with van der Waals surface area (Å²) in [6, 6.07) is 5.63. The van der Waals surface area contributed by atoms with Gasteiger partial charge in [-0.2, -0.15) is 13.2 Å². The maximum Gasteiger partial charge on any atom is 0.416 e. The molecule has 208 valence electrons. The summed E-state index contributed by atoms with van der Waals surface area (Å²) in [5.74, 6) is -2.76. The molecule has 3 aliphatic rings. The Labute approximate surface area is 222 Å². The number of hydrogen-bond acceptors (Lipinski definition) is 5. The fourth-order valence-corrected chi connectivity index (χ4v) is 7.12. The van der Waals surface area contributed by atoms with Crippen molar-refractivity contribution in [1.29, 1.82) is 0 Å². The smallest absolute Gasteiger partial charge is 0.322 e. The number of piperidine rings is 2. The van der Waals surface area contributed by atoms with Gasteiger partial charge in [-0.1, -0.05) is 12.1 Å². The summed E-state index contributed by atoms with van der Waals surface area (Å²) in [6.45, 7) is 0.343. The highest BCUT2D eigenvalue weighted by Crippen LogP contribution is 2.38. The lowest BCUT2D eigenvalue weighted by Gasteiger charge is -2.32. The second kappa shape index (κ2) is 10.0. The summed E-state index contributed by atoms with van der Waals surface area (Å²) in [7, 11) is -3.81. The van der Waals surface area contributed by atoms with Crippen LogP contribution in [0, 0.1) is 5.82 Å². The van der Waals surface area contributed by atoms with Gasteiger partial charge in [-0.3, -0.25) is 19.7 Å². The number of halogens is 4. The predicted octanol–water partition coefficient (Wildman–Crippen LogP) is 3.31. The van der Waals surface area contributed by atoms with Crippen molar-refractivity contribution in [2.75, 3.05) is 13.1 Å². The molecule has 39 heavy (non-hydrogen) atoms. The van der Waals surface area contributed by atoms with Crippen LogP contribution in [0.2, 0.25) is 0 Å². The van der Waals surface area contributed by atoms with E-state index in [0.717, 1.165) is 30.3 Å². The lowest BCUT2D eigenvalue weighted by atomic mass is 9.86. The highest BCUT2D eigenvalue weighted by atomic mass is 32.2. The summed E-state index contributed by atoms with van der Waals surface area (Å²) >= 11 is 0. The van der Waals surface area contributed by atoms with E-state index >= 15 is 0 Å². The van der Waals surface area contributed by atoms with Crippen molar-refractivity contribution in [2.45, 2.75) is 56.1 Å². The topological polar surface area (TPSA) is 104 Å². The summed E-state index contributed by atoms with van der Waals surface area (Å²) in [4.78, 5) is 38.3. The highest BCUT2D eigenvalue weighted by Gasteiger charge is 2.41. The zero-order valence-corrected chi connectivity index (χ0v) is 21.4. The molecule has 2 aromatic rings. The van der Waals surface area contributed by atoms with Gasteiger partial charge in [-0.25, -0.2) is 17.1 Å². The quantitative estimate of drug-likeness (QED) is 0.441. The molecule has 2 fully saturated rings. The fourth-order valence-electron chi connectivity index (χ4n) is 5.55. The molecule has 8 nitrogen and oxygen atoms in total. The SMILES string of the molecule is O=C1CCC(N2Cc3c(cc(F)cc3C3CCN(S(=O)(=O)Cc4ccc(C(F)(F)F)cc4)CC3)C2=O)C(=O)N1. The largest absolute Gasteiger partial charge is 0.416 e. The normalized spacial score (nSPS) is 21.3. The van der Waals surface area contributed by atoms with Crippen molar-refractivity contribution in [1.82, 2.24) is 14.5 Å². The van der Waals surface area contributed by atoms with E-state index in [2.05, 4.69) is 5.32 Å². The van der Waals surface area contributed by atoms with E-state index in [9.17, 15) is 40.4 Å². The summed E-state index contributed by atoms with van der Waals surface area (Å²) in [5.41, 5.74) is 0.721. The molecule has 2 saturated heterocycles. The number of hydrogen-bond donors (Lipinski definition) is 1. The van der Waals surface area contributed by atoms with Crippen molar-refractivity contribution in [3.05, 3.63) is 70.0 Å². The van der Waals surface area contributed by atoms with Crippen molar-refractivity contribution >= 4 is 27.7 Å². The van der Waals surface area contributed by atoms with Crippen molar-refractivity contribution in [3.63, 3.8) is 0 Å². The first kappa shape index (κ1) is 27.3. The van der Waals surface area contributed by atoms with Gasteiger partial charge in [-0.05, 0) is 66.1 Å². The van der Waals surface area contributed by atoms with Gasteiger partial charge in [0.15, 0.2) is 0 Å². The molecule has 0 radical (unpaired) electrons. The minimum atomic E-state index is -4.51. The average molecular weight is 568 g/mol. The second-order valence-corrected chi connectivity index (χ2v) is 12.0. The number of benzene rings is 2. The second-order valence-electron chi connectivity index (χ2n) is 10.0. The number of sulfonamides is 1. The molecule has 0 saturated carbocycles. The van der Waals surface area contributed by atoms with Gasteiger partial charge in [0.1, 0.15) is 11.9 Å². The third-order valence-electron chi connectivity index (χ3n) is 7.57. The highest BCUT2D eigenvalue weighted by molar-refractivity contribution is 7.88. The third kappa shape index (κ3) is 5.42. The van der Waals surface area contributed by atoms with Crippen LogP contribution in [0.5, 0.6) is 0 Å². The van der Waals surface area contributed by atoms with Crippen LogP contribution in [0.4, 0.5) is 17.6 Å². The Kier molecular flexibility index (Phi) is 7.00. The van der Waals surface area contributed by atoms with Crippen LogP contribution >= 0.6 is 0 Å². The molecule has 1 N–H and O–H groups in total. The van der Waals surface area contributed by atoms with Gasteiger partial charge in [0.05, 0.1) is 11.3 Å². The maximum atomic E-state index is 14.6. The zero-order valence-electron chi connectivity index (χ0n) is 20.6. The number of amides is 3. The minimum absolute atomic E-state index is 0.0858.